The summed E-state index contributed by atoms with van der Waals surface area (Å²) < 4.78 is 32.2. The van der Waals surface area contributed by atoms with Crippen molar-refractivity contribution in [3.63, 3.8) is 0 Å². The predicted octanol–water partition coefficient (Wildman–Crippen LogP) is 4.17. The highest BCUT2D eigenvalue weighted by molar-refractivity contribution is 6.30. The Hall–Kier alpha value is -1.94. The Morgan fingerprint density at radius 3 is 2.45 bits per heavy atom. The van der Waals surface area contributed by atoms with Gasteiger partial charge in [0.25, 0.3) is 0 Å². The maximum atomic E-state index is 13.7. The van der Waals surface area contributed by atoms with Crippen LogP contribution in [-0.4, -0.2) is 12.9 Å². The summed E-state index contributed by atoms with van der Waals surface area (Å²) in [5, 5.41) is -0.357. The van der Waals surface area contributed by atoms with Crippen LogP contribution in [0.5, 0.6) is 5.75 Å². The summed E-state index contributed by atoms with van der Waals surface area (Å²) in [7, 11) is 1.51. The molecule has 0 saturated heterocycles. The largest absolute Gasteiger partial charge is 0.496 e. The lowest BCUT2D eigenvalue weighted by Gasteiger charge is -2.08. The molecule has 0 amide bonds. The van der Waals surface area contributed by atoms with Crippen molar-refractivity contribution in [2.24, 2.45) is 0 Å². The van der Waals surface area contributed by atoms with E-state index in [4.69, 9.17) is 16.3 Å². The van der Waals surface area contributed by atoms with Crippen LogP contribution in [0.1, 0.15) is 21.5 Å². The summed E-state index contributed by atoms with van der Waals surface area (Å²) in [6.45, 7) is 1.76. The summed E-state index contributed by atoms with van der Waals surface area (Å²) in [6.07, 6.45) is 0. The molecule has 2 rings (SSSR count). The van der Waals surface area contributed by atoms with Gasteiger partial charge in [0, 0.05) is 5.56 Å². The number of rotatable bonds is 3. The number of ether oxygens (including phenoxy) is 1. The van der Waals surface area contributed by atoms with Gasteiger partial charge in [0.05, 0.1) is 17.7 Å². The summed E-state index contributed by atoms with van der Waals surface area (Å²) in [5.41, 5.74) is 0.633. The first kappa shape index (κ1) is 14.5. The van der Waals surface area contributed by atoms with Gasteiger partial charge in [-0.05, 0) is 42.8 Å². The average Bonchev–Trinajstić information content (AvgIpc) is 2.42. The lowest BCUT2D eigenvalue weighted by molar-refractivity contribution is 0.103. The third-order valence-electron chi connectivity index (χ3n) is 2.91. The number of halogens is 3. The number of aryl methyl sites for hydroxylation is 1. The van der Waals surface area contributed by atoms with Crippen LogP contribution < -0.4 is 4.74 Å². The van der Waals surface area contributed by atoms with Crippen LogP contribution in [0.2, 0.25) is 5.02 Å². The van der Waals surface area contributed by atoms with E-state index in [0.717, 1.165) is 17.7 Å². The third kappa shape index (κ3) is 2.65. The van der Waals surface area contributed by atoms with Gasteiger partial charge < -0.3 is 4.74 Å². The minimum absolute atomic E-state index is 0.254. The summed E-state index contributed by atoms with van der Waals surface area (Å²) >= 11 is 5.46. The third-order valence-corrected chi connectivity index (χ3v) is 3.20. The van der Waals surface area contributed by atoms with Gasteiger partial charge >= 0.3 is 0 Å². The molecule has 0 atom stereocenters. The first-order valence-corrected chi connectivity index (χ1v) is 6.15. The molecule has 0 aliphatic carbocycles. The second kappa shape index (κ2) is 5.59. The molecular weight excluding hydrogens is 286 g/mol. The van der Waals surface area contributed by atoms with Crippen molar-refractivity contribution in [2.45, 2.75) is 6.92 Å². The molecule has 0 heterocycles. The number of methoxy groups -OCH3 is 1. The average molecular weight is 297 g/mol. The second-order valence-corrected chi connectivity index (χ2v) is 4.67. The van der Waals surface area contributed by atoms with Gasteiger partial charge in [0.1, 0.15) is 17.4 Å². The van der Waals surface area contributed by atoms with Crippen LogP contribution >= 0.6 is 11.6 Å². The van der Waals surface area contributed by atoms with E-state index in [1.807, 2.05) is 0 Å². The van der Waals surface area contributed by atoms with Gasteiger partial charge in [0.2, 0.25) is 0 Å². The molecule has 2 nitrogen and oxygen atoms in total. The van der Waals surface area contributed by atoms with Crippen LogP contribution in [-0.2, 0) is 0 Å². The van der Waals surface area contributed by atoms with Crippen molar-refractivity contribution in [3.8, 4) is 5.75 Å². The zero-order valence-corrected chi connectivity index (χ0v) is 11.6. The molecule has 0 N–H and O–H groups in total. The van der Waals surface area contributed by atoms with Gasteiger partial charge in [-0.15, -0.1) is 0 Å². The Kier molecular flexibility index (Phi) is 4.04. The number of ketones is 1. The van der Waals surface area contributed by atoms with Crippen LogP contribution in [0.3, 0.4) is 0 Å². The quantitative estimate of drug-likeness (QED) is 0.628. The number of hydrogen-bond donors (Lipinski definition) is 0. The van der Waals surface area contributed by atoms with Crippen molar-refractivity contribution >= 4 is 17.4 Å². The Morgan fingerprint density at radius 1 is 1.15 bits per heavy atom. The highest BCUT2D eigenvalue weighted by atomic mass is 35.5. The molecule has 104 valence electrons. The molecule has 0 bridgehead atoms. The van der Waals surface area contributed by atoms with E-state index in [1.54, 1.807) is 19.1 Å². The standard InChI is InChI=1S/C15H11ClF2O2/c1-8-5-9(3-4-14(8)20-2)15(19)10-6-13(18)11(16)7-12(10)17/h3-7H,1-2H3. The molecule has 0 aliphatic heterocycles. The first-order valence-electron chi connectivity index (χ1n) is 5.78. The van der Waals surface area contributed by atoms with E-state index < -0.39 is 17.4 Å². The Bertz CT molecular complexity index is 684. The van der Waals surface area contributed by atoms with E-state index in [-0.39, 0.29) is 16.1 Å². The van der Waals surface area contributed by atoms with Crippen molar-refractivity contribution in [2.75, 3.05) is 7.11 Å². The predicted molar refractivity (Wildman–Crippen MR) is 72.5 cm³/mol. The molecule has 0 spiro atoms. The molecule has 0 fully saturated rings. The molecule has 0 saturated carbocycles. The molecule has 0 unspecified atom stereocenters. The van der Waals surface area contributed by atoms with E-state index in [9.17, 15) is 13.6 Å². The van der Waals surface area contributed by atoms with Crippen molar-refractivity contribution < 1.29 is 18.3 Å². The van der Waals surface area contributed by atoms with E-state index >= 15 is 0 Å². The van der Waals surface area contributed by atoms with Crippen molar-refractivity contribution in [3.05, 3.63) is 63.7 Å². The van der Waals surface area contributed by atoms with Crippen molar-refractivity contribution in [1.82, 2.24) is 0 Å². The lowest BCUT2D eigenvalue weighted by Crippen LogP contribution is -2.06. The van der Waals surface area contributed by atoms with Crippen molar-refractivity contribution in [1.29, 1.82) is 0 Å². The Balaban J connectivity index is 2.46. The molecule has 0 aliphatic rings. The number of carbonyl (C=O) groups is 1. The van der Waals surface area contributed by atoms with Crippen LogP contribution in [0.4, 0.5) is 8.78 Å². The molecule has 0 aromatic heterocycles. The smallest absolute Gasteiger partial charge is 0.196 e. The second-order valence-electron chi connectivity index (χ2n) is 4.26. The summed E-state index contributed by atoms with van der Waals surface area (Å²) in [4.78, 5) is 12.2. The van der Waals surface area contributed by atoms with E-state index in [2.05, 4.69) is 0 Å². The first-order chi connectivity index (χ1) is 9.43. The molecular formula is C15H11ClF2O2. The minimum Gasteiger partial charge on any atom is -0.496 e. The van der Waals surface area contributed by atoms with Gasteiger partial charge in [-0.25, -0.2) is 8.78 Å². The molecule has 5 heteroatoms. The molecule has 0 radical (unpaired) electrons. The fourth-order valence-electron chi connectivity index (χ4n) is 1.87. The van der Waals surface area contributed by atoms with Crippen LogP contribution in [0, 0.1) is 18.6 Å². The Morgan fingerprint density at radius 2 is 1.85 bits per heavy atom. The molecule has 2 aromatic rings. The maximum Gasteiger partial charge on any atom is 0.196 e. The highest BCUT2D eigenvalue weighted by Crippen LogP contribution is 2.24. The number of benzene rings is 2. The number of carbonyl (C=O) groups excluding carboxylic acids is 1. The Labute approximate surface area is 119 Å². The topological polar surface area (TPSA) is 26.3 Å². The van der Waals surface area contributed by atoms with Gasteiger partial charge in [-0.2, -0.15) is 0 Å². The fourth-order valence-corrected chi connectivity index (χ4v) is 2.02. The van der Waals surface area contributed by atoms with Crippen LogP contribution in [0.15, 0.2) is 30.3 Å². The van der Waals surface area contributed by atoms with Crippen LogP contribution in [0.25, 0.3) is 0 Å². The zero-order chi connectivity index (χ0) is 14.9. The number of hydrogen-bond acceptors (Lipinski definition) is 2. The van der Waals surface area contributed by atoms with E-state index in [1.165, 1.54) is 13.2 Å². The highest BCUT2D eigenvalue weighted by Gasteiger charge is 2.17. The molecule has 2 aromatic carbocycles. The van der Waals surface area contributed by atoms with Gasteiger partial charge in [0.15, 0.2) is 5.78 Å². The maximum absolute atomic E-state index is 13.7. The van der Waals surface area contributed by atoms with E-state index in [0.29, 0.717) is 5.75 Å². The van der Waals surface area contributed by atoms with Gasteiger partial charge in [-0.1, -0.05) is 11.6 Å². The van der Waals surface area contributed by atoms with Gasteiger partial charge in [-0.3, -0.25) is 4.79 Å². The SMILES string of the molecule is COc1ccc(C(=O)c2cc(F)c(Cl)cc2F)cc1C. The zero-order valence-electron chi connectivity index (χ0n) is 10.8. The normalized spacial score (nSPS) is 10.4. The lowest BCUT2D eigenvalue weighted by atomic mass is 10.0. The molecule has 20 heavy (non-hydrogen) atoms. The monoisotopic (exact) mass is 296 g/mol. The minimum atomic E-state index is -0.852. The fraction of sp³-hybridized carbons (Fsp3) is 0.133. The summed E-state index contributed by atoms with van der Waals surface area (Å²) in [5.74, 6) is -1.68. The summed E-state index contributed by atoms with van der Waals surface area (Å²) in [6, 6.07) is 6.26.